The predicted molar refractivity (Wildman–Crippen MR) is 288 cm³/mol. The number of aromatic nitrogens is 4. The molecule has 0 N–H and O–H groups in total. The largest absolute Gasteiger partial charge is 0.307 e. The Balaban J connectivity index is 1.35. The molecule has 0 aliphatic carbocycles. The minimum Gasteiger partial charge on any atom is -0.307 e. The van der Waals surface area contributed by atoms with E-state index in [9.17, 15) is 0 Å². The second-order valence-corrected chi connectivity index (χ2v) is 17.7. The van der Waals surface area contributed by atoms with E-state index in [1.54, 1.807) is 0 Å². The average Bonchev–Trinajstić information content (AvgIpc) is 4.15. The summed E-state index contributed by atoms with van der Waals surface area (Å²) < 4.78 is 9.59. The molecule has 0 aliphatic heterocycles. The molecule has 0 saturated heterocycles. The SMILES string of the molecule is [C-]#[N+]c1cc(-c2c(-n3c4ccccc4c4ccccc43)c(-n3c4ccccc4c4ccccc43)cc(-n3c4ccccc4c4ccccc43)c2-n2c3ccccc3c3ccccc32)cc([N+]#[C-])c1[N+]#[C-]. The first-order valence-electron chi connectivity index (χ1n) is 23.1. The summed E-state index contributed by atoms with van der Waals surface area (Å²) in [6.45, 7) is 25.4. The van der Waals surface area contributed by atoms with Crippen molar-refractivity contribution in [3.05, 3.63) is 247 Å². The number of benzene rings is 10. The molecule has 0 fully saturated rings. The first kappa shape index (κ1) is 39.1. The van der Waals surface area contributed by atoms with Gasteiger partial charge in [-0.3, -0.25) is 14.5 Å². The fraction of sp³-hybridized carbons (Fsp3) is 0. The molecule has 14 aromatic rings. The minimum atomic E-state index is 0.0479. The minimum absolute atomic E-state index is 0.0479. The summed E-state index contributed by atoms with van der Waals surface area (Å²) in [4.78, 5) is 11.8. The second-order valence-electron chi connectivity index (χ2n) is 17.7. The summed E-state index contributed by atoms with van der Waals surface area (Å²) >= 11 is 0. The monoisotopic (exact) mass is 889 g/mol. The molecule has 10 aromatic carbocycles. The third kappa shape index (κ3) is 5.30. The van der Waals surface area contributed by atoms with Crippen LogP contribution in [0.1, 0.15) is 0 Å². The van der Waals surface area contributed by atoms with Gasteiger partial charge in [0.05, 0.1) is 86.6 Å². The quantitative estimate of drug-likeness (QED) is 0.154. The molecule has 0 saturated carbocycles. The molecule has 322 valence electrons. The van der Waals surface area contributed by atoms with Crippen LogP contribution in [0.15, 0.2) is 212 Å². The summed E-state index contributed by atoms with van der Waals surface area (Å²) in [5.41, 5.74) is 13.3. The molecule has 0 aliphatic rings. The predicted octanol–water partition coefficient (Wildman–Crippen LogP) is 17.4. The maximum absolute atomic E-state index is 8.57. The number of nitrogens with zero attached hydrogens (tertiary/aromatic N) is 7. The summed E-state index contributed by atoms with van der Waals surface area (Å²) in [5.74, 6) is 0. The van der Waals surface area contributed by atoms with E-state index < -0.39 is 0 Å². The van der Waals surface area contributed by atoms with Crippen LogP contribution in [-0.4, -0.2) is 18.3 Å². The Hall–Kier alpha value is -10.1. The third-order valence-corrected chi connectivity index (χ3v) is 14.2. The van der Waals surface area contributed by atoms with Crippen molar-refractivity contribution in [3.8, 4) is 33.9 Å². The summed E-state index contributed by atoms with van der Waals surface area (Å²) in [6.07, 6.45) is 0. The Morgan fingerprint density at radius 2 is 0.514 bits per heavy atom. The number of hydrogen-bond acceptors (Lipinski definition) is 0. The highest BCUT2D eigenvalue weighted by Gasteiger charge is 2.32. The van der Waals surface area contributed by atoms with Crippen LogP contribution in [0, 0.1) is 19.7 Å². The normalized spacial score (nSPS) is 11.7. The molecule has 0 amide bonds. The molecular weight excluding hydrogens is 855 g/mol. The van der Waals surface area contributed by atoms with Crippen LogP contribution >= 0.6 is 0 Å². The van der Waals surface area contributed by atoms with Gasteiger partial charge in [0.25, 0.3) is 0 Å². The van der Waals surface area contributed by atoms with Crippen LogP contribution in [0.5, 0.6) is 0 Å². The molecule has 0 spiro atoms. The van der Waals surface area contributed by atoms with E-state index in [-0.39, 0.29) is 17.1 Å². The van der Waals surface area contributed by atoms with E-state index in [4.69, 9.17) is 19.7 Å². The molecule has 7 heteroatoms. The van der Waals surface area contributed by atoms with Gasteiger partial charge in [0.2, 0.25) is 5.69 Å². The standard InChI is InChI=1S/C63H35N7/c1-64-48-36-39(37-49(65-2)61(48)66-3)60-62(69-54-32-16-8-24-44(54)45-25-9-17-33-55(45)69)58(67-50-28-12-4-20-40(50)41-21-5-13-29-51(41)67)38-59(68-52-30-14-6-22-42(52)43-23-7-15-31-53(43)68)63(60)70-56-34-18-10-26-46(56)47-27-11-19-35-57(47)70/h4-38H. The van der Waals surface area contributed by atoms with E-state index in [0.717, 1.165) is 116 Å². The Kier molecular flexibility index (Phi) is 8.34. The van der Waals surface area contributed by atoms with Crippen molar-refractivity contribution in [1.82, 2.24) is 18.3 Å². The second kappa shape index (κ2) is 14.9. The van der Waals surface area contributed by atoms with Gasteiger partial charge < -0.3 is 18.3 Å². The fourth-order valence-electron chi connectivity index (χ4n) is 11.4. The number of para-hydroxylation sites is 8. The molecule has 0 unspecified atom stereocenters. The summed E-state index contributed by atoms with van der Waals surface area (Å²) in [7, 11) is 0. The number of rotatable bonds is 5. The Morgan fingerprint density at radius 3 is 0.757 bits per heavy atom. The van der Waals surface area contributed by atoms with Crippen molar-refractivity contribution in [2.24, 2.45) is 0 Å². The average molecular weight is 890 g/mol. The molecule has 4 heterocycles. The van der Waals surface area contributed by atoms with Crippen LogP contribution < -0.4 is 0 Å². The maximum Gasteiger partial charge on any atom is 0.200 e. The molecule has 70 heavy (non-hydrogen) atoms. The van der Waals surface area contributed by atoms with Gasteiger partial charge in [0.15, 0.2) is 11.4 Å². The van der Waals surface area contributed by atoms with E-state index in [1.165, 1.54) is 0 Å². The fourth-order valence-corrected chi connectivity index (χ4v) is 11.4. The van der Waals surface area contributed by atoms with Gasteiger partial charge in [-0.2, -0.15) is 0 Å². The smallest absolute Gasteiger partial charge is 0.200 e. The number of fused-ring (bicyclic) bond motifs is 12. The highest BCUT2D eigenvalue weighted by molar-refractivity contribution is 6.16. The van der Waals surface area contributed by atoms with E-state index in [0.29, 0.717) is 5.56 Å². The molecule has 4 aromatic heterocycles. The first-order chi connectivity index (χ1) is 34.7. The lowest BCUT2D eigenvalue weighted by Crippen LogP contribution is -2.13. The van der Waals surface area contributed by atoms with Gasteiger partial charge >= 0.3 is 0 Å². The van der Waals surface area contributed by atoms with E-state index >= 15 is 0 Å². The highest BCUT2D eigenvalue weighted by atomic mass is 15.1. The molecular formula is C63H35N7. The lowest BCUT2D eigenvalue weighted by Gasteiger charge is -2.28. The first-order valence-corrected chi connectivity index (χ1v) is 23.1. The van der Waals surface area contributed by atoms with Crippen molar-refractivity contribution in [1.29, 1.82) is 0 Å². The van der Waals surface area contributed by atoms with Crippen LogP contribution in [0.2, 0.25) is 0 Å². The van der Waals surface area contributed by atoms with Crippen molar-refractivity contribution in [2.45, 2.75) is 0 Å². The zero-order valence-corrected chi connectivity index (χ0v) is 37.3. The van der Waals surface area contributed by atoms with Crippen molar-refractivity contribution in [2.75, 3.05) is 0 Å². The van der Waals surface area contributed by atoms with Crippen LogP contribution in [0.3, 0.4) is 0 Å². The Bertz CT molecular complexity index is 4210. The van der Waals surface area contributed by atoms with Gasteiger partial charge in [-0.05, 0) is 60.2 Å². The van der Waals surface area contributed by atoms with Gasteiger partial charge in [-0.1, -0.05) is 158 Å². The highest BCUT2D eigenvalue weighted by Crippen LogP contribution is 2.52. The van der Waals surface area contributed by atoms with Gasteiger partial charge in [0.1, 0.15) is 0 Å². The van der Waals surface area contributed by atoms with E-state index in [1.807, 2.05) is 12.1 Å². The summed E-state index contributed by atoms with van der Waals surface area (Å²) in [6, 6.07) is 74.7. The van der Waals surface area contributed by atoms with Crippen LogP contribution in [0.25, 0.3) is 136 Å². The zero-order chi connectivity index (χ0) is 46.6. The molecule has 7 nitrogen and oxygen atoms in total. The maximum atomic E-state index is 8.57. The third-order valence-electron chi connectivity index (χ3n) is 14.2. The van der Waals surface area contributed by atoms with Gasteiger partial charge in [-0.15, -0.1) is 0 Å². The van der Waals surface area contributed by atoms with Crippen LogP contribution in [-0.2, 0) is 0 Å². The molecule has 0 radical (unpaired) electrons. The van der Waals surface area contributed by atoms with Gasteiger partial charge in [-0.25, -0.2) is 0 Å². The van der Waals surface area contributed by atoms with Crippen molar-refractivity contribution < 1.29 is 0 Å². The Morgan fingerprint density at radius 1 is 0.271 bits per heavy atom. The van der Waals surface area contributed by atoms with Crippen molar-refractivity contribution in [3.63, 3.8) is 0 Å². The zero-order valence-electron chi connectivity index (χ0n) is 37.3. The molecule has 0 bridgehead atoms. The van der Waals surface area contributed by atoms with Crippen molar-refractivity contribution >= 4 is 104 Å². The topological polar surface area (TPSA) is 32.8 Å². The molecule has 0 atom stereocenters. The lowest BCUT2D eigenvalue weighted by molar-refractivity contribution is 1.05. The molecule has 14 rings (SSSR count). The van der Waals surface area contributed by atoms with Gasteiger partial charge in [0, 0.05) is 48.7 Å². The summed E-state index contributed by atoms with van der Waals surface area (Å²) in [5, 5.41) is 8.83. The Labute approximate surface area is 401 Å². The number of hydrogen-bond donors (Lipinski definition) is 0. The van der Waals surface area contributed by atoms with E-state index in [2.05, 4.69) is 233 Å². The lowest BCUT2D eigenvalue weighted by atomic mass is 9.95. The van der Waals surface area contributed by atoms with Crippen LogP contribution in [0.4, 0.5) is 17.1 Å².